The molecule has 0 saturated heterocycles. The Kier molecular flexibility index (Phi) is 4.95. The lowest BCUT2D eigenvalue weighted by molar-refractivity contribution is -0.137. The molecule has 0 heterocycles. The van der Waals surface area contributed by atoms with Crippen LogP contribution in [0.1, 0.15) is 19.4 Å². The fraction of sp³-hybridized carbons (Fsp3) is 0.455. The third-order valence-electron chi connectivity index (χ3n) is 2.18. The summed E-state index contributed by atoms with van der Waals surface area (Å²) in [6.45, 7) is 4.03. The first-order chi connectivity index (χ1) is 7.71. The molecule has 0 radical (unpaired) electrons. The fourth-order valence-electron chi connectivity index (χ4n) is 1.12. The first-order valence-corrected chi connectivity index (χ1v) is 6.61. The number of nitrogens with one attached hydrogen (secondary N) is 1. The molecule has 0 fully saturated rings. The topological polar surface area (TPSA) is 12.0 Å². The summed E-state index contributed by atoms with van der Waals surface area (Å²) in [4.78, 5) is 0. The minimum absolute atomic E-state index is 0.0853. The molecule has 96 valence electrons. The second-order valence-corrected chi connectivity index (χ2v) is 5.73. The first kappa shape index (κ1) is 14.9. The molecular weight excluding hydrogens is 365 g/mol. The predicted octanol–water partition coefficient (Wildman–Crippen LogP) is 5.19. The predicted molar refractivity (Wildman–Crippen MR) is 72.7 cm³/mol. The molecule has 0 amide bonds. The first-order valence-electron chi connectivity index (χ1n) is 4.99. The molecule has 1 nitrogen and oxygen atoms in total. The van der Waals surface area contributed by atoms with E-state index in [-0.39, 0.29) is 9.07 Å². The Hall–Kier alpha value is -0.170. The summed E-state index contributed by atoms with van der Waals surface area (Å²) in [7, 11) is 0. The molecule has 17 heavy (non-hydrogen) atoms. The summed E-state index contributed by atoms with van der Waals surface area (Å²) in [6, 6.07) is 3.32. The number of hydrogen-bond donors (Lipinski definition) is 1. The molecule has 0 aliphatic carbocycles. The summed E-state index contributed by atoms with van der Waals surface area (Å²) in [5.74, 6) is 0.356. The van der Waals surface area contributed by atoms with E-state index in [0.29, 0.717) is 11.6 Å². The normalized spacial score (nSPS) is 13.9. The van der Waals surface area contributed by atoms with Gasteiger partial charge in [-0.3, -0.25) is 0 Å². The third-order valence-corrected chi connectivity index (χ3v) is 4.24. The molecule has 1 unspecified atom stereocenters. The van der Waals surface area contributed by atoms with E-state index in [1.54, 1.807) is 0 Å². The Bertz CT molecular complexity index is 393. The van der Waals surface area contributed by atoms with Crippen molar-refractivity contribution < 1.29 is 13.2 Å². The van der Waals surface area contributed by atoms with Crippen LogP contribution in [0, 0.1) is 5.92 Å². The van der Waals surface area contributed by atoms with Crippen LogP contribution >= 0.6 is 34.2 Å². The number of halogens is 5. The van der Waals surface area contributed by atoms with Crippen molar-refractivity contribution in [2.45, 2.75) is 24.1 Å². The molecule has 1 rings (SSSR count). The van der Waals surface area contributed by atoms with Crippen LogP contribution in [0.4, 0.5) is 18.9 Å². The van der Waals surface area contributed by atoms with Crippen molar-refractivity contribution in [3.63, 3.8) is 0 Å². The van der Waals surface area contributed by atoms with Crippen molar-refractivity contribution in [1.82, 2.24) is 0 Å². The van der Waals surface area contributed by atoms with Crippen LogP contribution < -0.4 is 5.32 Å². The molecule has 0 bridgehead atoms. The van der Waals surface area contributed by atoms with Crippen LogP contribution in [0.25, 0.3) is 0 Å². The average Bonchev–Trinajstić information content (AvgIpc) is 2.19. The molecule has 1 N–H and O–H groups in total. The standard InChI is InChI=1S/C11H12ClF3IN/c1-6(2)10(16)17-9-4-3-7(5-8(9)12)11(13,14)15/h3-6,10,17H,1-2H3. The summed E-state index contributed by atoms with van der Waals surface area (Å²) in [5.41, 5.74) is -0.213. The highest BCUT2D eigenvalue weighted by atomic mass is 127. The summed E-state index contributed by atoms with van der Waals surface area (Å²) in [5, 5.41) is 3.16. The van der Waals surface area contributed by atoms with Gasteiger partial charge in [0.15, 0.2) is 0 Å². The molecule has 1 aromatic rings. The summed E-state index contributed by atoms with van der Waals surface area (Å²) in [6.07, 6.45) is -4.36. The van der Waals surface area contributed by atoms with Gasteiger partial charge in [0.25, 0.3) is 0 Å². The smallest absolute Gasteiger partial charge is 0.372 e. The lowest BCUT2D eigenvalue weighted by Crippen LogP contribution is -2.18. The SMILES string of the molecule is CC(C)C(I)Nc1ccc(C(F)(F)F)cc1Cl. The van der Waals surface area contributed by atoms with Gasteiger partial charge in [-0.2, -0.15) is 13.2 Å². The van der Waals surface area contributed by atoms with Crippen molar-refractivity contribution in [2.75, 3.05) is 5.32 Å². The van der Waals surface area contributed by atoms with E-state index in [1.807, 2.05) is 13.8 Å². The van der Waals surface area contributed by atoms with Crippen LogP contribution in [0.2, 0.25) is 5.02 Å². The Morgan fingerprint density at radius 3 is 2.29 bits per heavy atom. The molecule has 6 heteroatoms. The van der Waals surface area contributed by atoms with Gasteiger partial charge in [0.2, 0.25) is 0 Å². The second kappa shape index (κ2) is 5.65. The van der Waals surface area contributed by atoms with E-state index in [0.717, 1.165) is 12.1 Å². The lowest BCUT2D eigenvalue weighted by Gasteiger charge is -2.18. The third kappa shape index (κ3) is 4.21. The monoisotopic (exact) mass is 377 g/mol. The van der Waals surface area contributed by atoms with E-state index >= 15 is 0 Å². The Labute approximate surface area is 117 Å². The summed E-state index contributed by atoms with van der Waals surface area (Å²) >= 11 is 8.00. The van der Waals surface area contributed by atoms with Crippen LogP contribution in [-0.4, -0.2) is 4.05 Å². The Morgan fingerprint density at radius 2 is 1.88 bits per heavy atom. The molecule has 1 atom stereocenters. The maximum atomic E-state index is 12.4. The van der Waals surface area contributed by atoms with Crippen molar-refractivity contribution in [2.24, 2.45) is 5.92 Å². The molecule has 0 spiro atoms. The van der Waals surface area contributed by atoms with Crippen LogP contribution in [0.15, 0.2) is 18.2 Å². The van der Waals surface area contributed by atoms with Gasteiger partial charge in [0, 0.05) is 0 Å². The van der Waals surface area contributed by atoms with Gasteiger partial charge < -0.3 is 5.32 Å². The van der Waals surface area contributed by atoms with Gasteiger partial charge in [-0.05, 0) is 24.1 Å². The minimum atomic E-state index is -4.36. The highest BCUT2D eigenvalue weighted by molar-refractivity contribution is 14.1. The van der Waals surface area contributed by atoms with E-state index in [2.05, 4.69) is 27.9 Å². The van der Waals surface area contributed by atoms with Crippen molar-refractivity contribution in [3.8, 4) is 0 Å². The highest BCUT2D eigenvalue weighted by Crippen LogP contribution is 2.34. The molecule has 0 aliphatic rings. The lowest BCUT2D eigenvalue weighted by atomic mass is 10.2. The van der Waals surface area contributed by atoms with Crippen molar-refractivity contribution in [3.05, 3.63) is 28.8 Å². The molecule has 1 aromatic carbocycles. The fourth-order valence-corrected chi connectivity index (χ4v) is 1.69. The zero-order valence-electron chi connectivity index (χ0n) is 9.28. The number of hydrogen-bond acceptors (Lipinski definition) is 1. The van der Waals surface area contributed by atoms with Gasteiger partial charge in [-0.25, -0.2) is 0 Å². The molecule has 0 aromatic heterocycles. The van der Waals surface area contributed by atoms with Gasteiger partial charge in [0.05, 0.1) is 20.3 Å². The number of anilines is 1. The number of rotatable bonds is 3. The highest BCUT2D eigenvalue weighted by Gasteiger charge is 2.31. The van der Waals surface area contributed by atoms with E-state index in [4.69, 9.17) is 11.6 Å². The molecule has 0 saturated carbocycles. The van der Waals surface area contributed by atoms with E-state index < -0.39 is 11.7 Å². The van der Waals surface area contributed by atoms with Crippen molar-refractivity contribution in [1.29, 1.82) is 0 Å². The van der Waals surface area contributed by atoms with Crippen molar-refractivity contribution >= 4 is 39.9 Å². The zero-order valence-corrected chi connectivity index (χ0v) is 12.2. The molecule has 0 aliphatic heterocycles. The largest absolute Gasteiger partial charge is 0.416 e. The summed E-state index contributed by atoms with van der Waals surface area (Å²) < 4.78 is 37.3. The number of alkyl halides is 4. The maximum Gasteiger partial charge on any atom is 0.416 e. The van der Waals surface area contributed by atoms with Crippen LogP contribution in [0.3, 0.4) is 0 Å². The van der Waals surface area contributed by atoms with Gasteiger partial charge in [-0.15, -0.1) is 0 Å². The quantitative estimate of drug-likeness (QED) is 0.434. The Morgan fingerprint density at radius 1 is 1.29 bits per heavy atom. The van der Waals surface area contributed by atoms with Gasteiger partial charge >= 0.3 is 6.18 Å². The van der Waals surface area contributed by atoms with Crippen LogP contribution in [0.5, 0.6) is 0 Å². The van der Waals surface area contributed by atoms with Gasteiger partial charge in [-0.1, -0.05) is 48.0 Å². The zero-order chi connectivity index (χ0) is 13.2. The van der Waals surface area contributed by atoms with Crippen LogP contribution in [-0.2, 0) is 6.18 Å². The average molecular weight is 378 g/mol. The Balaban J connectivity index is 2.91. The van der Waals surface area contributed by atoms with E-state index in [1.165, 1.54) is 6.07 Å². The van der Waals surface area contributed by atoms with E-state index in [9.17, 15) is 13.2 Å². The molecular formula is C11H12ClF3IN. The van der Waals surface area contributed by atoms with Gasteiger partial charge in [0.1, 0.15) is 0 Å². The number of benzene rings is 1. The second-order valence-electron chi connectivity index (χ2n) is 3.98. The minimum Gasteiger partial charge on any atom is -0.372 e. The maximum absolute atomic E-state index is 12.4.